The molecule has 3 aliphatic heterocycles. The van der Waals surface area contributed by atoms with E-state index in [4.69, 9.17) is 0 Å². The van der Waals surface area contributed by atoms with Gasteiger partial charge in [0, 0.05) is 19.6 Å². The fourth-order valence-corrected chi connectivity index (χ4v) is 9.74. The second-order valence-corrected chi connectivity index (χ2v) is 11.2. The Morgan fingerprint density at radius 2 is 0.655 bits per heavy atom. The first kappa shape index (κ1) is 16.7. The van der Waals surface area contributed by atoms with Crippen LogP contribution in [0.1, 0.15) is 22.3 Å². The molecule has 4 aromatic rings. The molecular formula is C26H16S3. The average Bonchev–Trinajstić information content (AvgIpc) is 3.45. The number of thioether (sulfide) groups is 1. The molecule has 1 fully saturated rings. The van der Waals surface area contributed by atoms with E-state index in [1.165, 1.54) is 41.8 Å². The standard InChI is InChI=1S/C26H16S3/c1-5-13-21-17(9-1)25(18-10-2-6-14-22(18)27-21)26(29-25)19-11-3-7-15-23(19)28-24-16-8-4-12-20(24)26/h1-16H. The Bertz CT molecular complexity index is 1110. The number of hydrogen-bond acceptors (Lipinski definition) is 3. The van der Waals surface area contributed by atoms with Gasteiger partial charge in [-0.25, -0.2) is 0 Å². The normalized spacial score (nSPS) is 18.5. The third-order valence-electron chi connectivity index (χ3n) is 6.27. The molecule has 3 heterocycles. The van der Waals surface area contributed by atoms with Crippen LogP contribution in [0.15, 0.2) is 117 Å². The van der Waals surface area contributed by atoms with Crippen molar-refractivity contribution in [2.45, 2.75) is 29.1 Å². The van der Waals surface area contributed by atoms with Gasteiger partial charge in [0.25, 0.3) is 0 Å². The van der Waals surface area contributed by atoms with Crippen LogP contribution in [-0.2, 0) is 9.49 Å². The molecule has 1 saturated heterocycles. The van der Waals surface area contributed by atoms with E-state index < -0.39 is 0 Å². The molecule has 0 radical (unpaired) electrons. The zero-order chi connectivity index (χ0) is 19.1. The average molecular weight is 425 g/mol. The molecule has 3 heteroatoms. The molecule has 0 amide bonds. The molecule has 0 saturated carbocycles. The van der Waals surface area contributed by atoms with Crippen LogP contribution in [0.25, 0.3) is 0 Å². The summed E-state index contributed by atoms with van der Waals surface area (Å²) in [4.78, 5) is 5.57. The van der Waals surface area contributed by atoms with Crippen molar-refractivity contribution in [2.24, 2.45) is 0 Å². The lowest BCUT2D eigenvalue weighted by atomic mass is 9.73. The summed E-state index contributed by atoms with van der Waals surface area (Å²) in [5.74, 6) is 0. The van der Waals surface area contributed by atoms with E-state index >= 15 is 0 Å². The highest BCUT2D eigenvalue weighted by atomic mass is 32.2. The molecule has 0 aromatic heterocycles. The second-order valence-electron chi connectivity index (χ2n) is 7.65. The van der Waals surface area contributed by atoms with Crippen LogP contribution in [-0.4, -0.2) is 0 Å². The summed E-state index contributed by atoms with van der Waals surface area (Å²) in [7, 11) is 0. The van der Waals surface area contributed by atoms with Gasteiger partial charge in [0.1, 0.15) is 0 Å². The van der Waals surface area contributed by atoms with Crippen LogP contribution in [0.3, 0.4) is 0 Å². The maximum absolute atomic E-state index is 2.35. The predicted molar refractivity (Wildman–Crippen MR) is 123 cm³/mol. The van der Waals surface area contributed by atoms with Crippen molar-refractivity contribution in [3.8, 4) is 0 Å². The summed E-state index contributed by atoms with van der Waals surface area (Å²) < 4.78 is -0.142. The van der Waals surface area contributed by atoms with Gasteiger partial charge >= 0.3 is 0 Å². The fraction of sp³-hybridized carbons (Fsp3) is 0.0769. The van der Waals surface area contributed by atoms with Crippen LogP contribution in [0.2, 0.25) is 0 Å². The maximum atomic E-state index is 2.35. The predicted octanol–water partition coefficient (Wildman–Crippen LogP) is 7.55. The molecule has 4 aromatic carbocycles. The third-order valence-corrected chi connectivity index (χ3v) is 10.5. The molecule has 0 nitrogen and oxygen atoms in total. The van der Waals surface area contributed by atoms with Gasteiger partial charge in [-0.05, 0) is 46.5 Å². The lowest BCUT2D eigenvalue weighted by Gasteiger charge is -2.35. The highest BCUT2D eigenvalue weighted by molar-refractivity contribution is 8.09. The topological polar surface area (TPSA) is 0 Å². The van der Waals surface area contributed by atoms with Crippen molar-refractivity contribution in [1.29, 1.82) is 0 Å². The van der Waals surface area contributed by atoms with E-state index in [9.17, 15) is 0 Å². The van der Waals surface area contributed by atoms with Crippen molar-refractivity contribution >= 4 is 35.3 Å². The van der Waals surface area contributed by atoms with E-state index in [2.05, 4.69) is 109 Å². The number of rotatable bonds is 0. The SMILES string of the molecule is c1ccc2c(c1)Sc1ccccc1C21SC12c1ccccc1Sc1ccccc12. The zero-order valence-electron chi connectivity index (χ0n) is 15.5. The van der Waals surface area contributed by atoms with Crippen LogP contribution in [0.5, 0.6) is 0 Å². The molecule has 0 atom stereocenters. The smallest absolute Gasteiger partial charge is 0.0921 e. The lowest BCUT2D eigenvalue weighted by Crippen LogP contribution is -2.30. The number of benzene rings is 4. The molecule has 29 heavy (non-hydrogen) atoms. The van der Waals surface area contributed by atoms with E-state index in [1.807, 2.05) is 23.5 Å². The maximum Gasteiger partial charge on any atom is 0.0921 e. The van der Waals surface area contributed by atoms with Gasteiger partial charge in [0.2, 0.25) is 0 Å². The van der Waals surface area contributed by atoms with Gasteiger partial charge < -0.3 is 0 Å². The zero-order valence-corrected chi connectivity index (χ0v) is 17.9. The molecular weight excluding hydrogens is 408 g/mol. The first-order valence-electron chi connectivity index (χ1n) is 9.78. The van der Waals surface area contributed by atoms with Crippen molar-refractivity contribution in [2.75, 3.05) is 0 Å². The Labute approximate surface area is 183 Å². The highest BCUT2D eigenvalue weighted by Gasteiger charge is 2.75. The molecule has 7 rings (SSSR count). The monoisotopic (exact) mass is 424 g/mol. The summed E-state index contributed by atoms with van der Waals surface area (Å²) >= 11 is 5.96. The minimum Gasteiger partial charge on any atom is -0.124 e. The van der Waals surface area contributed by atoms with Crippen molar-refractivity contribution < 1.29 is 0 Å². The second kappa shape index (κ2) is 5.75. The summed E-state index contributed by atoms with van der Waals surface area (Å²) in [6.07, 6.45) is 0. The molecule has 0 N–H and O–H groups in total. The summed E-state index contributed by atoms with van der Waals surface area (Å²) in [6, 6.07) is 36.1. The van der Waals surface area contributed by atoms with Gasteiger partial charge in [-0.3, -0.25) is 0 Å². The van der Waals surface area contributed by atoms with E-state index in [0.717, 1.165) is 0 Å². The Morgan fingerprint density at radius 3 is 0.966 bits per heavy atom. The lowest BCUT2D eigenvalue weighted by molar-refractivity contribution is 0.640. The fourth-order valence-electron chi connectivity index (χ4n) is 5.10. The summed E-state index contributed by atoms with van der Waals surface area (Å²) in [5.41, 5.74) is 5.85. The number of hydrogen-bond donors (Lipinski definition) is 0. The Morgan fingerprint density at radius 1 is 0.379 bits per heavy atom. The third kappa shape index (κ3) is 1.96. The van der Waals surface area contributed by atoms with Gasteiger partial charge in [0.05, 0.1) is 9.49 Å². The van der Waals surface area contributed by atoms with Crippen LogP contribution >= 0.6 is 35.3 Å². The van der Waals surface area contributed by atoms with E-state index in [0.29, 0.717) is 0 Å². The minimum absolute atomic E-state index is 0.0708. The Balaban J connectivity index is 1.62. The van der Waals surface area contributed by atoms with Crippen molar-refractivity contribution in [3.05, 3.63) is 119 Å². The van der Waals surface area contributed by atoms with Crippen LogP contribution in [0, 0.1) is 0 Å². The Hall–Kier alpha value is -2.07. The van der Waals surface area contributed by atoms with E-state index in [-0.39, 0.29) is 9.49 Å². The quantitative estimate of drug-likeness (QED) is 0.267. The molecule has 2 spiro atoms. The molecule has 0 aliphatic carbocycles. The largest absolute Gasteiger partial charge is 0.124 e. The highest BCUT2D eigenvalue weighted by Crippen LogP contribution is 2.85. The molecule has 0 bridgehead atoms. The summed E-state index contributed by atoms with van der Waals surface area (Å²) in [5, 5.41) is 0. The summed E-state index contributed by atoms with van der Waals surface area (Å²) in [6.45, 7) is 0. The minimum atomic E-state index is -0.0708. The van der Waals surface area contributed by atoms with Crippen molar-refractivity contribution in [3.63, 3.8) is 0 Å². The molecule has 138 valence electrons. The number of fused-ring (bicyclic) bond motifs is 9. The van der Waals surface area contributed by atoms with Gasteiger partial charge in [-0.1, -0.05) is 96.3 Å². The van der Waals surface area contributed by atoms with Gasteiger partial charge in [-0.15, -0.1) is 11.8 Å². The molecule has 0 unspecified atom stereocenters. The Kier molecular flexibility index (Phi) is 3.31. The van der Waals surface area contributed by atoms with E-state index in [1.54, 1.807) is 0 Å². The first-order chi connectivity index (χ1) is 14.3. The van der Waals surface area contributed by atoms with Crippen LogP contribution < -0.4 is 0 Å². The van der Waals surface area contributed by atoms with Crippen LogP contribution in [0.4, 0.5) is 0 Å². The molecule has 3 aliphatic rings. The van der Waals surface area contributed by atoms with Gasteiger partial charge in [-0.2, -0.15) is 0 Å². The first-order valence-corrected chi connectivity index (χ1v) is 12.2. The van der Waals surface area contributed by atoms with Crippen molar-refractivity contribution in [1.82, 2.24) is 0 Å². The van der Waals surface area contributed by atoms with Gasteiger partial charge in [0.15, 0.2) is 0 Å².